The van der Waals surface area contributed by atoms with Crippen LogP contribution in [0, 0.1) is 5.82 Å². The Balaban J connectivity index is 1.47. The summed E-state index contributed by atoms with van der Waals surface area (Å²) in [5, 5.41) is 3.68. The zero-order valence-electron chi connectivity index (χ0n) is 19.5. The second-order valence-corrected chi connectivity index (χ2v) is 8.99. The summed E-state index contributed by atoms with van der Waals surface area (Å²) in [5.74, 6) is -0.657. The Labute approximate surface area is 216 Å². The SMILES string of the molecule is O=C(Cc1ccc(-n2c(=O)c3ccccc3n(Cc3cccc(Cl)c3)c2=O)cc1)Nc1ccc(F)cc1. The van der Waals surface area contributed by atoms with Gasteiger partial charge in [0.1, 0.15) is 5.82 Å². The van der Waals surface area contributed by atoms with Gasteiger partial charge in [-0.2, -0.15) is 0 Å². The van der Waals surface area contributed by atoms with E-state index >= 15 is 0 Å². The Morgan fingerprint density at radius 1 is 0.838 bits per heavy atom. The molecule has 0 spiro atoms. The van der Waals surface area contributed by atoms with Gasteiger partial charge < -0.3 is 5.32 Å². The summed E-state index contributed by atoms with van der Waals surface area (Å²) in [6.45, 7) is 0.238. The highest BCUT2D eigenvalue weighted by Crippen LogP contribution is 2.16. The van der Waals surface area contributed by atoms with Crippen LogP contribution in [0.4, 0.5) is 10.1 Å². The normalized spacial score (nSPS) is 11.0. The van der Waals surface area contributed by atoms with E-state index in [1.54, 1.807) is 65.2 Å². The molecule has 0 unspecified atom stereocenters. The van der Waals surface area contributed by atoms with Gasteiger partial charge in [-0.1, -0.05) is 48.0 Å². The fourth-order valence-corrected chi connectivity index (χ4v) is 4.42. The number of para-hydroxylation sites is 1. The van der Waals surface area contributed by atoms with E-state index in [4.69, 9.17) is 11.6 Å². The van der Waals surface area contributed by atoms with E-state index in [2.05, 4.69) is 5.32 Å². The Morgan fingerprint density at radius 3 is 2.30 bits per heavy atom. The second-order valence-electron chi connectivity index (χ2n) is 8.55. The largest absolute Gasteiger partial charge is 0.336 e. The third kappa shape index (κ3) is 5.22. The molecule has 0 saturated carbocycles. The second kappa shape index (κ2) is 10.2. The van der Waals surface area contributed by atoms with Gasteiger partial charge >= 0.3 is 5.69 Å². The fraction of sp³-hybridized carbons (Fsp3) is 0.0690. The van der Waals surface area contributed by atoms with Gasteiger partial charge in [0, 0.05) is 10.7 Å². The molecule has 0 atom stereocenters. The van der Waals surface area contributed by atoms with Gasteiger partial charge in [-0.25, -0.2) is 13.8 Å². The number of halogens is 2. The lowest BCUT2D eigenvalue weighted by Gasteiger charge is -2.15. The molecular weight excluding hydrogens is 493 g/mol. The van der Waals surface area contributed by atoms with Crippen LogP contribution in [0.25, 0.3) is 16.6 Å². The zero-order chi connectivity index (χ0) is 25.9. The molecule has 6 nitrogen and oxygen atoms in total. The van der Waals surface area contributed by atoms with Crippen molar-refractivity contribution in [1.29, 1.82) is 0 Å². The molecule has 0 radical (unpaired) electrons. The number of rotatable bonds is 6. The topological polar surface area (TPSA) is 73.1 Å². The number of aromatic nitrogens is 2. The minimum absolute atomic E-state index is 0.0727. The predicted octanol–water partition coefficient (Wildman–Crippen LogP) is 5.17. The Hall–Kier alpha value is -4.49. The van der Waals surface area contributed by atoms with E-state index in [9.17, 15) is 18.8 Å². The first kappa shape index (κ1) is 24.2. The van der Waals surface area contributed by atoms with Gasteiger partial charge in [-0.05, 0) is 71.8 Å². The van der Waals surface area contributed by atoms with Gasteiger partial charge in [0.2, 0.25) is 5.91 Å². The van der Waals surface area contributed by atoms with E-state index < -0.39 is 11.2 Å². The van der Waals surface area contributed by atoms with Gasteiger partial charge in [-0.3, -0.25) is 14.2 Å². The van der Waals surface area contributed by atoms with Crippen molar-refractivity contribution in [3.63, 3.8) is 0 Å². The zero-order valence-corrected chi connectivity index (χ0v) is 20.3. The highest BCUT2D eigenvalue weighted by molar-refractivity contribution is 6.30. The highest BCUT2D eigenvalue weighted by Gasteiger charge is 2.15. The number of benzene rings is 4. The highest BCUT2D eigenvalue weighted by atomic mass is 35.5. The molecule has 5 aromatic rings. The van der Waals surface area contributed by atoms with E-state index in [1.807, 2.05) is 12.1 Å². The average Bonchev–Trinajstić information content (AvgIpc) is 2.89. The third-order valence-corrected chi connectivity index (χ3v) is 6.20. The number of carbonyl (C=O) groups is 1. The molecule has 184 valence electrons. The van der Waals surface area contributed by atoms with Crippen LogP contribution in [0.2, 0.25) is 5.02 Å². The van der Waals surface area contributed by atoms with Crippen molar-refractivity contribution in [1.82, 2.24) is 9.13 Å². The summed E-state index contributed by atoms with van der Waals surface area (Å²) in [5.41, 5.74) is 2.02. The van der Waals surface area contributed by atoms with Gasteiger partial charge in [0.15, 0.2) is 0 Å². The lowest BCUT2D eigenvalue weighted by atomic mass is 10.1. The number of carbonyl (C=O) groups excluding carboxylic acids is 1. The summed E-state index contributed by atoms with van der Waals surface area (Å²) in [6, 6.07) is 26.4. The van der Waals surface area contributed by atoms with Crippen LogP contribution < -0.4 is 16.6 Å². The van der Waals surface area contributed by atoms with Gasteiger partial charge in [-0.15, -0.1) is 0 Å². The number of amides is 1. The molecule has 8 heteroatoms. The van der Waals surface area contributed by atoms with Crippen LogP contribution in [0.5, 0.6) is 0 Å². The molecule has 1 heterocycles. The molecule has 1 amide bonds. The smallest absolute Gasteiger partial charge is 0.326 e. The molecule has 37 heavy (non-hydrogen) atoms. The first-order valence-corrected chi connectivity index (χ1v) is 11.9. The van der Waals surface area contributed by atoms with Crippen LogP contribution >= 0.6 is 11.6 Å². The predicted molar refractivity (Wildman–Crippen MR) is 143 cm³/mol. The molecule has 0 bridgehead atoms. The summed E-state index contributed by atoms with van der Waals surface area (Å²) < 4.78 is 15.8. The van der Waals surface area contributed by atoms with Gasteiger partial charge in [0.05, 0.1) is 29.6 Å². The van der Waals surface area contributed by atoms with Crippen LogP contribution in [-0.4, -0.2) is 15.0 Å². The lowest BCUT2D eigenvalue weighted by Crippen LogP contribution is -2.39. The van der Waals surface area contributed by atoms with E-state index in [0.717, 1.165) is 10.1 Å². The molecule has 1 aromatic heterocycles. The molecule has 0 fully saturated rings. The first-order valence-electron chi connectivity index (χ1n) is 11.5. The van der Waals surface area contributed by atoms with Crippen molar-refractivity contribution >= 4 is 34.1 Å². The van der Waals surface area contributed by atoms with Crippen LogP contribution in [0.15, 0.2) is 107 Å². The van der Waals surface area contributed by atoms with E-state index in [0.29, 0.717) is 32.9 Å². The van der Waals surface area contributed by atoms with E-state index in [1.165, 1.54) is 24.3 Å². The number of hydrogen-bond donors (Lipinski definition) is 1. The summed E-state index contributed by atoms with van der Waals surface area (Å²) in [6.07, 6.45) is 0.0727. The summed E-state index contributed by atoms with van der Waals surface area (Å²) in [4.78, 5) is 39.3. The standard InChI is InChI=1S/C29H21ClFN3O3/c30-21-5-3-4-20(16-21)18-33-26-7-2-1-6-25(26)28(36)34(29(33)37)24-14-8-19(9-15-24)17-27(35)32-23-12-10-22(31)11-13-23/h1-16H,17-18H2,(H,32,35). The minimum atomic E-state index is -0.481. The molecule has 0 saturated heterocycles. The van der Waals surface area contributed by atoms with Gasteiger partial charge in [0.25, 0.3) is 5.56 Å². The third-order valence-electron chi connectivity index (χ3n) is 5.97. The molecule has 0 aliphatic carbocycles. The molecule has 4 aromatic carbocycles. The minimum Gasteiger partial charge on any atom is -0.326 e. The number of fused-ring (bicyclic) bond motifs is 1. The Morgan fingerprint density at radius 2 is 1.57 bits per heavy atom. The van der Waals surface area contributed by atoms with Crippen molar-refractivity contribution in [3.8, 4) is 5.69 Å². The molecule has 5 rings (SSSR count). The average molecular weight is 514 g/mol. The number of hydrogen-bond acceptors (Lipinski definition) is 3. The monoisotopic (exact) mass is 513 g/mol. The summed E-state index contributed by atoms with van der Waals surface area (Å²) in [7, 11) is 0. The first-order chi connectivity index (χ1) is 17.9. The Bertz CT molecular complexity index is 1730. The van der Waals surface area contributed by atoms with Crippen LogP contribution in [0.1, 0.15) is 11.1 Å². The molecular formula is C29H21ClFN3O3. The van der Waals surface area contributed by atoms with Crippen molar-refractivity contribution in [2.24, 2.45) is 0 Å². The molecule has 0 aliphatic rings. The fourth-order valence-electron chi connectivity index (χ4n) is 4.21. The number of anilines is 1. The Kier molecular flexibility index (Phi) is 6.70. The summed E-state index contributed by atoms with van der Waals surface area (Å²) >= 11 is 6.14. The molecule has 1 N–H and O–H groups in total. The maximum absolute atomic E-state index is 13.6. The maximum Gasteiger partial charge on any atom is 0.336 e. The van der Waals surface area contributed by atoms with Crippen molar-refractivity contribution in [3.05, 3.63) is 140 Å². The lowest BCUT2D eigenvalue weighted by molar-refractivity contribution is -0.115. The maximum atomic E-state index is 13.6. The molecule has 0 aliphatic heterocycles. The van der Waals surface area contributed by atoms with Crippen molar-refractivity contribution < 1.29 is 9.18 Å². The number of nitrogens with zero attached hydrogens (tertiary/aromatic N) is 2. The quantitative estimate of drug-likeness (QED) is 0.340. The van der Waals surface area contributed by atoms with Crippen LogP contribution in [0.3, 0.4) is 0 Å². The van der Waals surface area contributed by atoms with Crippen molar-refractivity contribution in [2.45, 2.75) is 13.0 Å². The number of nitrogens with one attached hydrogen (secondary N) is 1. The van der Waals surface area contributed by atoms with Crippen molar-refractivity contribution in [2.75, 3.05) is 5.32 Å². The van der Waals surface area contributed by atoms with E-state index in [-0.39, 0.29) is 24.7 Å². The van der Waals surface area contributed by atoms with Crippen LogP contribution in [-0.2, 0) is 17.8 Å².